The highest BCUT2D eigenvalue weighted by molar-refractivity contribution is 5.97. The first-order chi connectivity index (χ1) is 13.6. The first-order valence-corrected chi connectivity index (χ1v) is 10.2. The zero-order chi connectivity index (χ0) is 21.2. The number of aromatic nitrogens is 3. The van der Waals surface area contributed by atoms with Crippen molar-refractivity contribution in [3.63, 3.8) is 0 Å². The SMILES string of the molecule is Cc1nn(C)c2ncc(C(=O)NC3CCCCC3CNC(=O)OC(C)(C)C)cc12. The van der Waals surface area contributed by atoms with Gasteiger partial charge in [-0.15, -0.1) is 0 Å². The van der Waals surface area contributed by atoms with Gasteiger partial charge in [0.2, 0.25) is 0 Å². The van der Waals surface area contributed by atoms with E-state index in [2.05, 4.69) is 20.7 Å². The van der Waals surface area contributed by atoms with E-state index >= 15 is 0 Å². The van der Waals surface area contributed by atoms with Crippen LogP contribution in [0.25, 0.3) is 11.0 Å². The maximum atomic E-state index is 12.9. The Morgan fingerprint density at radius 1 is 1.28 bits per heavy atom. The van der Waals surface area contributed by atoms with E-state index in [1.807, 2.05) is 40.8 Å². The molecule has 0 radical (unpaired) electrons. The summed E-state index contributed by atoms with van der Waals surface area (Å²) in [6, 6.07) is 1.86. The number of carbonyl (C=O) groups excluding carboxylic acids is 2. The second-order valence-electron chi connectivity index (χ2n) is 8.81. The van der Waals surface area contributed by atoms with Crippen LogP contribution < -0.4 is 10.6 Å². The first kappa shape index (κ1) is 21.1. The molecule has 158 valence electrons. The average Bonchev–Trinajstić information content (AvgIpc) is 2.93. The lowest BCUT2D eigenvalue weighted by Gasteiger charge is -2.32. The maximum absolute atomic E-state index is 12.9. The van der Waals surface area contributed by atoms with Crippen LogP contribution in [0.5, 0.6) is 0 Å². The number of nitrogens with zero attached hydrogens (tertiary/aromatic N) is 3. The van der Waals surface area contributed by atoms with E-state index in [1.54, 1.807) is 10.9 Å². The summed E-state index contributed by atoms with van der Waals surface area (Å²) in [4.78, 5) is 29.2. The first-order valence-electron chi connectivity index (χ1n) is 10.2. The minimum atomic E-state index is -0.527. The fraction of sp³-hybridized carbons (Fsp3) is 0.619. The second-order valence-corrected chi connectivity index (χ2v) is 8.81. The number of pyridine rings is 1. The lowest BCUT2D eigenvalue weighted by Crippen LogP contribution is -2.47. The number of carbonyl (C=O) groups is 2. The van der Waals surface area contributed by atoms with Crippen LogP contribution in [0.3, 0.4) is 0 Å². The molecule has 29 heavy (non-hydrogen) atoms. The summed E-state index contributed by atoms with van der Waals surface area (Å²) in [7, 11) is 1.84. The molecule has 8 nitrogen and oxygen atoms in total. The Kier molecular flexibility index (Phi) is 6.10. The van der Waals surface area contributed by atoms with Crippen LogP contribution in [0.4, 0.5) is 4.79 Å². The summed E-state index contributed by atoms with van der Waals surface area (Å²) in [5.41, 5.74) is 1.61. The third kappa shape index (κ3) is 5.25. The van der Waals surface area contributed by atoms with Gasteiger partial charge in [-0.25, -0.2) is 9.78 Å². The minimum Gasteiger partial charge on any atom is -0.444 e. The second kappa shape index (κ2) is 8.39. The number of aryl methyl sites for hydroxylation is 2. The van der Waals surface area contributed by atoms with Crippen LogP contribution >= 0.6 is 0 Å². The van der Waals surface area contributed by atoms with Crippen molar-refractivity contribution in [2.45, 2.75) is 65.0 Å². The minimum absolute atomic E-state index is 0.0110. The molecule has 2 amide bonds. The van der Waals surface area contributed by atoms with E-state index in [4.69, 9.17) is 4.74 Å². The van der Waals surface area contributed by atoms with Gasteiger partial charge >= 0.3 is 6.09 Å². The molecule has 1 aliphatic carbocycles. The number of nitrogens with one attached hydrogen (secondary N) is 2. The Morgan fingerprint density at radius 3 is 2.72 bits per heavy atom. The third-order valence-electron chi connectivity index (χ3n) is 5.26. The number of rotatable bonds is 4. The number of fused-ring (bicyclic) bond motifs is 1. The molecule has 2 atom stereocenters. The van der Waals surface area contributed by atoms with Crippen molar-refractivity contribution in [3.8, 4) is 0 Å². The van der Waals surface area contributed by atoms with Crippen molar-refractivity contribution in [1.82, 2.24) is 25.4 Å². The van der Waals surface area contributed by atoms with E-state index in [-0.39, 0.29) is 17.9 Å². The predicted octanol–water partition coefficient (Wildman–Crippen LogP) is 3.09. The highest BCUT2D eigenvalue weighted by atomic mass is 16.6. The molecule has 2 heterocycles. The average molecular weight is 402 g/mol. The molecule has 0 aliphatic heterocycles. The topological polar surface area (TPSA) is 98.1 Å². The van der Waals surface area contributed by atoms with Gasteiger partial charge in [0, 0.05) is 31.2 Å². The molecular weight excluding hydrogens is 370 g/mol. The number of hydrogen-bond acceptors (Lipinski definition) is 5. The largest absolute Gasteiger partial charge is 0.444 e. The molecule has 2 aromatic rings. The Labute approximate surface area is 171 Å². The number of amides is 2. The standard InChI is InChI=1S/C21H31N5O3/c1-13-16-10-15(12-22-18(16)26(5)25-13)19(27)24-17-9-7-6-8-14(17)11-23-20(28)29-21(2,3)4/h10,12,14,17H,6-9,11H2,1-5H3,(H,23,28)(H,24,27). The normalized spacial score (nSPS) is 19.8. The molecule has 1 aliphatic rings. The molecular formula is C21H31N5O3. The highest BCUT2D eigenvalue weighted by Crippen LogP contribution is 2.25. The summed E-state index contributed by atoms with van der Waals surface area (Å²) in [6.45, 7) is 7.91. The van der Waals surface area contributed by atoms with Gasteiger partial charge in [-0.3, -0.25) is 9.48 Å². The monoisotopic (exact) mass is 401 g/mol. The molecule has 0 bridgehead atoms. The fourth-order valence-electron chi connectivity index (χ4n) is 3.85. The van der Waals surface area contributed by atoms with Crippen molar-refractivity contribution >= 4 is 23.0 Å². The maximum Gasteiger partial charge on any atom is 0.407 e. The van der Waals surface area contributed by atoms with E-state index in [9.17, 15) is 9.59 Å². The molecule has 2 N–H and O–H groups in total. The van der Waals surface area contributed by atoms with Gasteiger partial charge in [0.05, 0.1) is 11.3 Å². The predicted molar refractivity (Wildman–Crippen MR) is 111 cm³/mol. The van der Waals surface area contributed by atoms with Crippen LogP contribution in [-0.4, -0.2) is 45.0 Å². The molecule has 0 aromatic carbocycles. The lowest BCUT2D eigenvalue weighted by atomic mass is 9.84. The number of ether oxygens (including phenoxy) is 1. The summed E-state index contributed by atoms with van der Waals surface area (Å²) >= 11 is 0. The molecule has 0 spiro atoms. The Balaban J connectivity index is 1.64. The molecule has 0 saturated heterocycles. The molecule has 1 fully saturated rings. The third-order valence-corrected chi connectivity index (χ3v) is 5.26. The summed E-state index contributed by atoms with van der Waals surface area (Å²) in [5.74, 6) is 0.0360. The molecule has 8 heteroatoms. The van der Waals surface area contributed by atoms with Crippen molar-refractivity contribution in [1.29, 1.82) is 0 Å². The zero-order valence-electron chi connectivity index (χ0n) is 17.9. The van der Waals surface area contributed by atoms with Gasteiger partial charge in [0.1, 0.15) is 5.60 Å². The Morgan fingerprint density at radius 2 is 2.00 bits per heavy atom. The van der Waals surface area contributed by atoms with Gasteiger partial charge in [0.25, 0.3) is 5.91 Å². The van der Waals surface area contributed by atoms with Crippen LogP contribution in [0, 0.1) is 12.8 Å². The van der Waals surface area contributed by atoms with Crippen molar-refractivity contribution in [3.05, 3.63) is 23.5 Å². The van der Waals surface area contributed by atoms with Crippen LogP contribution in [0.2, 0.25) is 0 Å². The molecule has 2 unspecified atom stereocenters. The van der Waals surface area contributed by atoms with Gasteiger partial charge in [-0.05, 0) is 52.5 Å². The smallest absolute Gasteiger partial charge is 0.407 e. The number of hydrogen-bond donors (Lipinski definition) is 2. The highest BCUT2D eigenvalue weighted by Gasteiger charge is 2.28. The van der Waals surface area contributed by atoms with E-state index < -0.39 is 11.7 Å². The van der Waals surface area contributed by atoms with Gasteiger partial charge < -0.3 is 15.4 Å². The van der Waals surface area contributed by atoms with Crippen molar-refractivity contribution in [2.24, 2.45) is 13.0 Å². The fourth-order valence-corrected chi connectivity index (χ4v) is 3.85. The van der Waals surface area contributed by atoms with E-state index in [1.165, 1.54) is 0 Å². The van der Waals surface area contributed by atoms with E-state index in [0.717, 1.165) is 42.4 Å². The van der Waals surface area contributed by atoms with Gasteiger partial charge in [-0.2, -0.15) is 5.10 Å². The van der Waals surface area contributed by atoms with Crippen molar-refractivity contribution in [2.75, 3.05) is 6.54 Å². The van der Waals surface area contributed by atoms with E-state index in [0.29, 0.717) is 12.1 Å². The summed E-state index contributed by atoms with van der Waals surface area (Å²) in [6.07, 6.45) is 5.18. The van der Waals surface area contributed by atoms with Gasteiger partial charge in [0.15, 0.2) is 5.65 Å². The number of alkyl carbamates (subject to hydrolysis) is 1. The Bertz CT molecular complexity index is 900. The summed E-state index contributed by atoms with van der Waals surface area (Å²) in [5, 5.41) is 11.2. The molecule has 2 aromatic heterocycles. The van der Waals surface area contributed by atoms with Crippen molar-refractivity contribution < 1.29 is 14.3 Å². The summed E-state index contributed by atoms with van der Waals surface area (Å²) < 4.78 is 7.03. The van der Waals surface area contributed by atoms with Gasteiger partial charge in [-0.1, -0.05) is 12.8 Å². The van der Waals surface area contributed by atoms with Crippen LogP contribution in [0.1, 0.15) is 62.5 Å². The van der Waals surface area contributed by atoms with Crippen LogP contribution in [0.15, 0.2) is 12.3 Å². The zero-order valence-corrected chi connectivity index (χ0v) is 17.9. The quantitative estimate of drug-likeness (QED) is 0.820. The van der Waals surface area contributed by atoms with Crippen LogP contribution in [-0.2, 0) is 11.8 Å². The molecule has 1 saturated carbocycles. The Hall–Kier alpha value is -2.64. The molecule has 3 rings (SSSR count). The lowest BCUT2D eigenvalue weighted by molar-refractivity contribution is 0.0511.